The highest BCUT2D eigenvalue weighted by Gasteiger charge is 2.60. The van der Waals surface area contributed by atoms with Gasteiger partial charge >= 0.3 is 5.91 Å². The molecule has 0 bridgehead atoms. The molecule has 1 aliphatic carbocycles. The van der Waals surface area contributed by atoms with E-state index < -0.39 is 0 Å². The summed E-state index contributed by atoms with van der Waals surface area (Å²) < 4.78 is 1.79. The van der Waals surface area contributed by atoms with Gasteiger partial charge in [0.05, 0.1) is 5.25 Å². The Morgan fingerprint density at radius 3 is 2.81 bits per heavy atom. The second-order valence-corrected chi connectivity index (χ2v) is 6.01. The number of Topliss-reactive ketones (excluding diaryl/α,β-unsaturated/α-hetero) is 1. The quantitative estimate of drug-likeness (QED) is 0.558. The van der Waals surface area contributed by atoms with Gasteiger partial charge in [0.1, 0.15) is 5.78 Å². The summed E-state index contributed by atoms with van der Waals surface area (Å²) in [6, 6.07) is 0. The van der Waals surface area contributed by atoms with E-state index in [0.717, 1.165) is 0 Å². The van der Waals surface area contributed by atoms with Crippen LogP contribution < -0.4 is 0 Å². The summed E-state index contributed by atoms with van der Waals surface area (Å²) in [5.41, 5.74) is 0. The Morgan fingerprint density at radius 1 is 1.44 bits per heavy atom. The molecule has 3 rings (SSSR count). The molecule has 5 heteroatoms. The number of carbonyl (C=O) groups is 2. The average molecular weight is 240 g/mol. The van der Waals surface area contributed by atoms with Crippen LogP contribution in [0, 0.1) is 11.8 Å². The lowest BCUT2D eigenvalue weighted by molar-refractivity contribution is -0.515. The predicted octanol–water partition coefficient (Wildman–Crippen LogP) is 0.0291. The van der Waals surface area contributed by atoms with Crippen LogP contribution >= 0.6 is 11.8 Å². The maximum Gasteiger partial charge on any atom is 0.398 e. The van der Waals surface area contributed by atoms with Gasteiger partial charge in [0.15, 0.2) is 12.1 Å². The minimum absolute atomic E-state index is 0.00738. The monoisotopic (exact) mass is 240 g/mol. The SMILES string of the molecule is O=C1CC(C2C=[N+]3C(=O)[C@H](CCO)[C@H]3S2)C1. The number of rotatable bonds is 3. The van der Waals surface area contributed by atoms with E-state index in [9.17, 15) is 9.59 Å². The normalized spacial score (nSPS) is 37.8. The zero-order valence-corrected chi connectivity index (χ0v) is 9.65. The van der Waals surface area contributed by atoms with Gasteiger partial charge in [-0.15, -0.1) is 0 Å². The Hall–Kier alpha value is -0.680. The molecule has 3 aliphatic rings. The second kappa shape index (κ2) is 3.67. The molecule has 2 fully saturated rings. The van der Waals surface area contributed by atoms with Gasteiger partial charge in [-0.1, -0.05) is 11.8 Å². The van der Waals surface area contributed by atoms with Crippen molar-refractivity contribution in [1.82, 2.24) is 0 Å². The summed E-state index contributed by atoms with van der Waals surface area (Å²) in [7, 11) is 0. The Kier molecular flexibility index (Phi) is 2.40. The van der Waals surface area contributed by atoms with Crippen molar-refractivity contribution < 1.29 is 19.3 Å². The minimum atomic E-state index is -0.00738. The van der Waals surface area contributed by atoms with Gasteiger partial charge in [-0.3, -0.25) is 4.79 Å². The fraction of sp³-hybridized carbons (Fsp3) is 0.727. The topological polar surface area (TPSA) is 57.4 Å². The number of thioether (sulfide) groups is 1. The zero-order valence-electron chi connectivity index (χ0n) is 8.83. The van der Waals surface area contributed by atoms with Crippen LogP contribution in [0.2, 0.25) is 0 Å². The second-order valence-electron chi connectivity index (χ2n) is 4.71. The molecule has 1 saturated heterocycles. The molecule has 3 atom stereocenters. The number of aliphatic hydroxyl groups excluding tert-OH is 1. The van der Waals surface area contributed by atoms with Crippen molar-refractivity contribution in [1.29, 1.82) is 0 Å². The molecule has 86 valence electrons. The van der Waals surface area contributed by atoms with Crippen molar-refractivity contribution in [3.05, 3.63) is 0 Å². The number of hydrogen-bond donors (Lipinski definition) is 1. The van der Waals surface area contributed by atoms with Gasteiger partial charge in [0.25, 0.3) is 0 Å². The highest BCUT2D eigenvalue weighted by Crippen LogP contribution is 2.45. The lowest BCUT2D eigenvalue weighted by Crippen LogP contribution is -2.51. The standard InChI is InChI=1S/C11H14NO3S/c13-2-1-8-10(15)12-5-9(16-11(8)12)6-3-7(14)4-6/h5-6,8-9,11,13H,1-4H2/q+1/t8-,9?,11+/m0/s1. The molecule has 0 aromatic rings. The fourth-order valence-electron chi connectivity index (χ4n) is 2.62. The number of carbonyl (C=O) groups excluding carboxylic acids is 2. The molecular weight excluding hydrogens is 226 g/mol. The summed E-state index contributed by atoms with van der Waals surface area (Å²) in [5.74, 6) is 0.906. The molecule has 0 aromatic heterocycles. The van der Waals surface area contributed by atoms with Gasteiger partial charge in [0.2, 0.25) is 5.37 Å². The van der Waals surface area contributed by atoms with Crippen LogP contribution in [0.1, 0.15) is 19.3 Å². The first-order chi connectivity index (χ1) is 7.70. The molecule has 1 amide bonds. The largest absolute Gasteiger partial charge is 0.398 e. The van der Waals surface area contributed by atoms with Crippen molar-refractivity contribution in [2.24, 2.45) is 11.8 Å². The highest BCUT2D eigenvalue weighted by molar-refractivity contribution is 8.01. The Morgan fingerprint density at radius 2 is 2.19 bits per heavy atom. The number of amides is 1. The van der Waals surface area contributed by atoms with Crippen LogP contribution in [-0.2, 0) is 9.59 Å². The van der Waals surface area contributed by atoms with Crippen molar-refractivity contribution in [3.63, 3.8) is 0 Å². The number of ketones is 1. The average Bonchev–Trinajstić information content (AvgIpc) is 2.61. The Labute approximate surface area is 97.7 Å². The summed E-state index contributed by atoms with van der Waals surface area (Å²) in [4.78, 5) is 22.6. The number of hydrogen-bond acceptors (Lipinski definition) is 4. The first kappa shape index (κ1) is 10.5. The molecule has 0 spiro atoms. The van der Waals surface area contributed by atoms with Gasteiger partial charge in [0, 0.05) is 19.4 Å². The summed E-state index contributed by atoms with van der Waals surface area (Å²) in [6.45, 7) is 0.0773. The van der Waals surface area contributed by atoms with Crippen molar-refractivity contribution >= 4 is 29.7 Å². The third kappa shape index (κ3) is 1.38. The number of aliphatic hydroxyl groups is 1. The molecule has 1 saturated carbocycles. The van der Waals surface area contributed by atoms with Crippen LogP contribution in [0.5, 0.6) is 0 Å². The van der Waals surface area contributed by atoms with Gasteiger partial charge < -0.3 is 5.11 Å². The van der Waals surface area contributed by atoms with Gasteiger partial charge in [-0.25, -0.2) is 4.79 Å². The molecule has 1 N–H and O–H groups in total. The number of β-lactam (4-membered cyclic amide) rings is 1. The first-order valence-electron chi connectivity index (χ1n) is 5.66. The molecule has 4 nitrogen and oxygen atoms in total. The lowest BCUT2D eigenvalue weighted by Gasteiger charge is -2.28. The summed E-state index contributed by atoms with van der Waals surface area (Å²) in [5, 5.41) is 9.42. The smallest absolute Gasteiger partial charge is 0.396 e. The highest BCUT2D eigenvalue weighted by atomic mass is 32.2. The van der Waals surface area contributed by atoms with Gasteiger partial charge in [-0.2, -0.15) is 4.58 Å². The first-order valence-corrected chi connectivity index (χ1v) is 6.60. The number of fused-ring (bicyclic) bond motifs is 1. The molecule has 2 aliphatic heterocycles. The van der Waals surface area contributed by atoms with E-state index in [1.54, 1.807) is 16.3 Å². The molecule has 16 heavy (non-hydrogen) atoms. The van der Waals surface area contributed by atoms with Crippen LogP contribution in [0.25, 0.3) is 0 Å². The Bertz CT molecular complexity index is 385. The van der Waals surface area contributed by atoms with Gasteiger partial charge in [-0.05, 0) is 12.3 Å². The van der Waals surface area contributed by atoms with E-state index in [1.165, 1.54) is 0 Å². The fourth-order valence-corrected chi connectivity index (χ4v) is 4.30. The van der Waals surface area contributed by atoms with Crippen molar-refractivity contribution in [3.8, 4) is 0 Å². The molecule has 0 radical (unpaired) electrons. The minimum Gasteiger partial charge on any atom is -0.396 e. The predicted molar refractivity (Wildman–Crippen MR) is 59.4 cm³/mol. The van der Waals surface area contributed by atoms with E-state index in [0.29, 0.717) is 36.2 Å². The molecular formula is C11H14NO3S+. The maximum absolute atomic E-state index is 11.7. The third-order valence-corrected chi connectivity index (χ3v) is 5.33. The molecule has 1 unspecified atom stereocenters. The van der Waals surface area contributed by atoms with Crippen LogP contribution in [0.15, 0.2) is 0 Å². The lowest BCUT2D eigenvalue weighted by atomic mass is 9.81. The molecule has 2 heterocycles. The van der Waals surface area contributed by atoms with Crippen molar-refractivity contribution in [2.45, 2.75) is 29.9 Å². The number of nitrogens with zero attached hydrogens (tertiary/aromatic N) is 1. The maximum atomic E-state index is 11.7. The summed E-state index contributed by atoms with van der Waals surface area (Å²) in [6.07, 6.45) is 3.90. The third-order valence-electron chi connectivity index (χ3n) is 3.68. The zero-order chi connectivity index (χ0) is 11.3. The van der Waals surface area contributed by atoms with Crippen LogP contribution in [-0.4, -0.2) is 44.8 Å². The van der Waals surface area contributed by atoms with Crippen LogP contribution in [0.3, 0.4) is 0 Å². The van der Waals surface area contributed by atoms with E-state index >= 15 is 0 Å². The van der Waals surface area contributed by atoms with E-state index in [1.807, 2.05) is 6.21 Å². The van der Waals surface area contributed by atoms with E-state index in [4.69, 9.17) is 5.11 Å². The van der Waals surface area contributed by atoms with E-state index in [2.05, 4.69) is 0 Å². The Balaban J connectivity index is 1.66. The summed E-state index contributed by atoms with van der Waals surface area (Å²) >= 11 is 1.78. The van der Waals surface area contributed by atoms with Crippen LogP contribution in [0.4, 0.5) is 0 Å². The van der Waals surface area contributed by atoms with E-state index in [-0.39, 0.29) is 23.8 Å². The van der Waals surface area contributed by atoms with Crippen molar-refractivity contribution in [2.75, 3.05) is 6.61 Å². The molecule has 0 aromatic carbocycles.